The number of carbonyl (C=O) groups excluding carboxylic acids is 1. The molecular formula is C15H19NO2. The fourth-order valence-electron chi connectivity index (χ4n) is 3.58. The van der Waals surface area contributed by atoms with Crippen molar-refractivity contribution in [1.29, 1.82) is 0 Å². The average Bonchev–Trinajstić information content (AvgIpc) is 2.61. The van der Waals surface area contributed by atoms with Crippen LogP contribution in [-0.2, 0) is 10.2 Å². The summed E-state index contributed by atoms with van der Waals surface area (Å²) < 4.78 is 5.29. The fourth-order valence-corrected chi connectivity index (χ4v) is 3.58. The molecule has 0 radical (unpaired) electrons. The van der Waals surface area contributed by atoms with Crippen LogP contribution >= 0.6 is 0 Å². The van der Waals surface area contributed by atoms with Gasteiger partial charge in [0.1, 0.15) is 5.75 Å². The lowest BCUT2D eigenvalue weighted by Gasteiger charge is -2.30. The summed E-state index contributed by atoms with van der Waals surface area (Å²) in [5.74, 6) is 1.13. The third-order valence-electron chi connectivity index (χ3n) is 4.62. The molecule has 1 saturated carbocycles. The zero-order chi connectivity index (χ0) is 12.8. The van der Waals surface area contributed by atoms with E-state index >= 15 is 0 Å². The standard InChI is InChI=1S/C15H19NO2/c1-16-12-6-4-8-15(10-12,14(16)17)11-5-3-7-13(9-11)18-2/h3,5,7,9,12H,4,6,8,10H2,1-2H3. The van der Waals surface area contributed by atoms with E-state index in [1.807, 2.05) is 30.1 Å². The number of hydrogen-bond donors (Lipinski definition) is 0. The van der Waals surface area contributed by atoms with Gasteiger partial charge in [-0.15, -0.1) is 0 Å². The van der Waals surface area contributed by atoms with Gasteiger partial charge >= 0.3 is 0 Å². The molecule has 1 aromatic carbocycles. The Morgan fingerprint density at radius 1 is 1.44 bits per heavy atom. The van der Waals surface area contributed by atoms with Gasteiger partial charge in [0.15, 0.2) is 0 Å². The molecule has 1 saturated heterocycles. The van der Waals surface area contributed by atoms with E-state index in [0.29, 0.717) is 11.9 Å². The first-order valence-electron chi connectivity index (χ1n) is 6.59. The molecule has 3 nitrogen and oxygen atoms in total. The van der Waals surface area contributed by atoms with Crippen LogP contribution in [0.25, 0.3) is 0 Å². The maximum atomic E-state index is 12.6. The lowest BCUT2D eigenvalue weighted by Crippen LogP contribution is -2.35. The van der Waals surface area contributed by atoms with Gasteiger partial charge in [0.25, 0.3) is 0 Å². The van der Waals surface area contributed by atoms with Crippen molar-refractivity contribution in [3.05, 3.63) is 29.8 Å². The van der Waals surface area contributed by atoms with Crippen LogP contribution in [0.4, 0.5) is 0 Å². The number of hydrogen-bond acceptors (Lipinski definition) is 2. The number of likely N-dealkylation sites (N-methyl/N-ethyl adjacent to an activating group) is 1. The third-order valence-corrected chi connectivity index (χ3v) is 4.62. The molecule has 3 heteroatoms. The zero-order valence-corrected chi connectivity index (χ0v) is 11.0. The Kier molecular flexibility index (Phi) is 2.58. The summed E-state index contributed by atoms with van der Waals surface area (Å²) in [7, 11) is 3.61. The Balaban J connectivity index is 2.06. The largest absolute Gasteiger partial charge is 0.497 e. The summed E-state index contributed by atoms with van der Waals surface area (Å²) in [5.41, 5.74) is 0.840. The molecule has 2 unspecified atom stereocenters. The van der Waals surface area contributed by atoms with Crippen LogP contribution < -0.4 is 4.74 Å². The number of fused-ring (bicyclic) bond motifs is 2. The molecule has 0 spiro atoms. The number of carbonyl (C=O) groups is 1. The van der Waals surface area contributed by atoms with E-state index < -0.39 is 0 Å². The predicted molar refractivity (Wildman–Crippen MR) is 69.7 cm³/mol. The highest BCUT2D eigenvalue weighted by Crippen LogP contribution is 2.48. The summed E-state index contributed by atoms with van der Waals surface area (Å²) in [6.45, 7) is 0. The summed E-state index contributed by atoms with van der Waals surface area (Å²) in [4.78, 5) is 14.5. The topological polar surface area (TPSA) is 29.5 Å². The predicted octanol–water partition coefficient (Wildman–Crippen LogP) is 2.35. The number of likely N-dealkylation sites (tertiary alicyclic amines) is 1. The molecule has 1 aliphatic heterocycles. The highest BCUT2D eigenvalue weighted by atomic mass is 16.5. The molecule has 0 aromatic heterocycles. The van der Waals surface area contributed by atoms with Gasteiger partial charge in [-0.25, -0.2) is 0 Å². The number of methoxy groups -OCH3 is 1. The van der Waals surface area contributed by atoms with Crippen LogP contribution in [0.1, 0.15) is 31.2 Å². The molecule has 1 aromatic rings. The molecule has 3 rings (SSSR count). The number of rotatable bonds is 2. The second-order valence-electron chi connectivity index (χ2n) is 5.48. The van der Waals surface area contributed by atoms with Gasteiger partial charge in [-0.2, -0.15) is 0 Å². The smallest absolute Gasteiger partial charge is 0.233 e. The second-order valence-corrected chi connectivity index (χ2v) is 5.48. The molecule has 2 atom stereocenters. The SMILES string of the molecule is COc1cccc(C23CCCC(C2)N(C)C3=O)c1. The van der Waals surface area contributed by atoms with Crippen molar-refractivity contribution in [3.8, 4) is 5.75 Å². The molecular weight excluding hydrogens is 226 g/mol. The summed E-state index contributed by atoms with van der Waals surface area (Å²) in [6, 6.07) is 8.45. The zero-order valence-electron chi connectivity index (χ0n) is 11.0. The van der Waals surface area contributed by atoms with Crippen LogP contribution in [0.3, 0.4) is 0 Å². The molecule has 2 aliphatic rings. The molecule has 2 fully saturated rings. The van der Waals surface area contributed by atoms with Gasteiger partial charge in [0.05, 0.1) is 12.5 Å². The number of amides is 1. The molecule has 0 N–H and O–H groups in total. The van der Waals surface area contributed by atoms with E-state index in [4.69, 9.17) is 4.74 Å². The summed E-state index contributed by atoms with van der Waals surface area (Å²) >= 11 is 0. The maximum Gasteiger partial charge on any atom is 0.233 e. The summed E-state index contributed by atoms with van der Waals surface area (Å²) in [5, 5.41) is 0. The molecule has 1 amide bonds. The van der Waals surface area contributed by atoms with Crippen molar-refractivity contribution >= 4 is 5.91 Å². The number of nitrogens with zero attached hydrogens (tertiary/aromatic N) is 1. The van der Waals surface area contributed by atoms with E-state index in [1.165, 1.54) is 0 Å². The van der Waals surface area contributed by atoms with Crippen LogP contribution in [0, 0.1) is 0 Å². The van der Waals surface area contributed by atoms with Gasteiger partial charge in [-0.3, -0.25) is 4.79 Å². The van der Waals surface area contributed by atoms with Gasteiger partial charge in [0, 0.05) is 13.1 Å². The Hall–Kier alpha value is -1.51. The lowest BCUT2D eigenvalue weighted by atomic mass is 9.70. The van der Waals surface area contributed by atoms with Crippen LogP contribution in [0.5, 0.6) is 5.75 Å². The highest BCUT2D eigenvalue weighted by Gasteiger charge is 2.53. The van der Waals surface area contributed by atoms with E-state index in [-0.39, 0.29) is 5.41 Å². The minimum absolute atomic E-state index is 0.286. The first kappa shape index (κ1) is 11.6. The van der Waals surface area contributed by atoms with Gasteiger partial charge in [-0.05, 0) is 43.4 Å². The minimum Gasteiger partial charge on any atom is -0.497 e. The monoisotopic (exact) mass is 245 g/mol. The van der Waals surface area contributed by atoms with Gasteiger partial charge < -0.3 is 9.64 Å². The molecule has 18 heavy (non-hydrogen) atoms. The first-order valence-corrected chi connectivity index (χ1v) is 6.59. The number of benzene rings is 1. The van der Waals surface area contributed by atoms with Gasteiger partial charge in [0.2, 0.25) is 5.91 Å². The van der Waals surface area contributed by atoms with Crippen molar-refractivity contribution in [2.45, 2.75) is 37.1 Å². The second kappa shape index (κ2) is 4.01. The summed E-state index contributed by atoms with van der Waals surface area (Å²) in [6.07, 6.45) is 4.22. The minimum atomic E-state index is -0.286. The molecule has 1 aliphatic carbocycles. The Morgan fingerprint density at radius 2 is 2.28 bits per heavy atom. The first-order chi connectivity index (χ1) is 8.67. The third kappa shape index (κ3) is 1.46. The molecule has 1 heterocycles. The Morgan fingerprint density at radius 3 is 3.06 bits per heavy atom. The quantitative estimate of drug-likeness (QED) is 0.800. The van der Waals surface area contributed by atoms with Crippen LogP contribution in [0.15, 0.2) is 24.3 Å². The van der Waals surface area contributed by atoms with E-state index in [0.717, 1.165) is 37.0 Å². The van der Waals surface area contributed by atoms with Crippen molar-refractivity contribution in [3.63, 3.8) is 0 Å². The van der Waals surface area contributed by atoms with E-state index in [2.05, 4.69) is 6.07 Å². The molecule has 2 bridgehead atoms. The fraction of sp³-hybridized carbons (Fsp3) is 0.533. The van der Waals surface area contributed by atoms with E-state index in [1.54, 1.807) is 7.11 Å². The van der Waals surface area contributed by atoms with Crippen LogP contribution in [-0.4, -0.2) is 31.0 Å². The lowest BCUT2D eigenvalue weighted by molar-refractivity contribution is -0.131. The van der Waals surface area contributed by atoms with Gasteiger partial charge in [-0.1, -0.05) is 12.1 Å². The van der Waals surface area contributed by atoms with E-state index in [9.17, 15) is 4.79 Å². The number of ether oxygens (including phenoxy) is 1. The van der Waals surface area contributed by atoms with Crippen molar-refractivity contribution in [1.82, 2.24) is 4.90 Å². The Labute approximate surface area is 108 Å². The van der Waals surface area contributed by atoms with Crippen molar-refractivity contribution in [2.24, 2.45) is 0 Å². The van der Waals surface area contributed by atoms with Crippen molar-refractivity contribution in [2.75, 3.05) is 14.2 Å². The molecule has 96 valence electrons. The highest BCUT2D eigenvalue weighted by molar-refractivity contribution is 5.91. The van der Waals surface area contributed by atoms with Crippen molar-refractivity contribution < 1.29 is 9.53 Å². The maximum absolute atomic E-state index is 12.6. The normalized spacial score (nSPS) is 30.7. The Bertz CT molecular complexity index is 485. The van der Waals surface area contributed by atoms with Crippen LogP contribution in [0.2, 0.25) is 0 Å². The average molecular weight is 245 g/mol.